The Kier molecular flexibility index (Phi) is 7.22. The molecule has 2 aromatic heterocycles. The predicted octanol–water partition coefficient (Wildman–Crippen LogP) is 4.84. The Balaban J connectivity index is 1.17. The number of nitrogens with one attached hydrogen (secondary N) is 1. The van der Waals surface area contributed by atoms with Crippen molar-refractivity contribution in [3.63, 3.8) is 0 Å². The Morgan fingerprint density at radius 1 is 0.938 bits per heavy atom. The summed E-state index contributed by atoms with van der Waals surface area (Å²) in [6.07, 6.45) is 9.08. The second-order valence-electron chi connectivity index (χ2n) is 8.79. The van der Waals surface area contributed by atoms with Gasteiger partial charge in [0.2, 0.25) is 10.3 Å². The zero-order valence-electron chi connectivity index (χ0n) is 18.4. The van der Waals surface area contributed by atoms with E-state index < -0.39 is 0 Å². The molecule has 0 radical (unpaired) electrons. The molecular weight excluding hydrogens is 484 g/mol. The van der Waals surface area contributed by atoms with Gasteiger partial charge in [-0.15, -0.1) is 10.2 Å². The van der Waals surface area contributed by atoms with Gasteiger partial charge in [0.1, 0.15) is 0 Å². The standard InChI is InChI=1S/C24H31BrN6S/c25-20-7-4-6-19(16-20)17-26-18-22-10-5-11-31(22)24-28-27-23(32-24)30-14-12-29(13-15-30)21-8-2-1-3-9-21/h4-7,10-11,16,21,26H,1-3,8-9,12-15,17-18H2. The molecule has 2 aliphatic rings. The van der Waals surface area contributed by atoms with Crippen molar-refractivity contribution in [3.8, 4) is 5.13 Å². The molecule has 1 saturated heterocycles. The number of hydrogen-bond donors (Lipinski definition) is 1. The van der Waals surface area contributed by atoms with Gasteiger partial charge in [-0.25, -0.2) is 0 Å². The molecule has 1 aromatic carbocycles. The molecule has 0 amide bonds. The Bertz CT molecular complexity index is 1000. The summed E-state index contributed by atoms with van der Waals surface area (Å²) < 4.78 is 3.27. The molecule has 1 aliphatic carbocycles. The first-order chi connectivity index (χ1) is 15.8. The van der Waals surface area contributed by atoms with E-state index in [4.69, 9.17) is 0 Å². The predicted molar refractivity (Wildman–Crippen MR) is 135 cm³/mol. The number of nitrogens with zero attached hydrogens (tertiary/aromatic N) is 5. The minimum atomic E-state index is 0.786. The highest BCUT2D eigenvalue weighted by atomic mass is 79.9. The number of aromatic nitrogens is 3. The molecule has 0 spiro atoms. The first-order valence-electron chi connectivity index (χ1n) is 11.7. The number of piperazine rings is 1. The zero-order chi connectivity index (χ0) is 21.8. The Labute approximate surface area is 202 Å². The Hall–Kier alpha value is -1.74. The SMILES string of the molecule is Brc1cccc(CNCc2cccn2-c2nnc(N3CCN(C4CCCCC4)CC3)s2)c1. The molecule has 1 N–H and O–H groups in total. The van der Waals surface area contributed by atoms with Gasteiger partial charge in [-0.1, -0.05) is 58.7 Å². The minimum Gasteiger partial charge on any atom is -0.344 e. The Morgan fingerprint density at radius 3 is 2.56 bits per heavy atom. The molecule has 3 heterocycles. The summed E-state index contributed by atoms with van der Waals surface area (Å²) in [5.74, 6) is 0. The number of anilines is 1. The highest BCUT2D eigenvalue weighted by Gasteiger charge is 2.26. The summed E-state index contributed by atoms with van der Waals surface area (Å²) in [6, 6.07) is 13.5. The van der Waals surface area contributed by atoms with Crippen LogP contribution >= 0.6 is 27.3 Å². The molecule has 0 bridgehead atoms. The van der Waals surface area contributed by atoms with Crippen LogP contribution in [0.4, 0.5) is 5.13 Å². The van der Waals surface area contributed by atoms with Gasteiger partial charge in [0.15, 0.2) is 0 Å². The van der Waals surface area contributed by atoms with Crippen molar-refractivity contribution in [2.45, 2.75) is 51.2 Å². The van der Waals surface area contributed by atoms with Crippen molar-refractivity contribution in [2.75, 3.05) is 31.1 Å². The maximum Gasteiger partial charge on any atom is 0.218 e. The molecule has 32 heavy (non-hydrogen) atoms. The van der Waals surface area contributed by atoms with Crippen LogP contribution in [0.5, 0.6) is 0 Å². The van der Waals surface area contributed by atoms with Crippen molar-refractivity contribution in [1.82, 2.24) is 25.0 Å². The molecule has 170 valence electrons. The Morgan fingerprint density at radius 2 is 1.75 bits per heavy atom. The molecule has 6 nitrogen and oxygen atoms in total. The second-order valence-corrected chi connectivity index (χ2v) is 10.6. The molecule has 1 saturated carbocycles. The average Bonchev–Trinajstić information content (AvgIpc) is 3.50. The summed E-state index contributed by atoms with van der Waals surface area (Å²) >= 11 is 5.24. The van der Waals surface area contributed by atoms with Gasteiger partial charge in [0, 0.05) is 61.7 Å². The lowest BCUT2D eigenvalue weighted by Gasteiger charge is -2.40. The summed E-state index contributed by atoms with van der Waals surface area (Å²) in [6.45, 7) is 6.02. The first-order valence-corrected chi connectivity index (χ1v) is 13.3. The van der Waals surface area contributed by atoms with Crippen LogP contribution in [0.2, 0.25) is 0 Å². The minimum absolute atomic E-state index is 0.786. The fourth-order valence-electron chi connectivity index (χ4n) is 4.89. The zero-order valence-corrected chi connectivity index (χ0v) is 20.8. The van der Waals surface area contributed by atoms with E-state index >= 15 is 0 Å². The number of rotatable bonds is 7. The van der Waals surface area contributed by atoms with Crippen LogP contribution in [0.25, 0.3) is 5.13 Å². The van der Waals surface area contributed by atoms with E-state index in [1.165, 1.54) is 43.4 Å². The van der Waals surface area contributed by atoms with E-state index in [0.717, 1.165) is 60.0 Å². The van der Waals surface area contributed by atoms with Gasteiger partial charge in [-0.3, -0.25) is 9.47 Å². The van der Waals surface area contributed by atoms with Gasteiger partial charge in [-0.05, 0) is 42.7 Å². The van der Waals surface area contributed by atoms with Crippen LogP contribution in [0.15, 0.2) is 47.1 Å². The third-order valence-corrected chi connectivity index (χ3v) is 8.12. The van der Waals surface area contributed by atoms with Crippen molar-refractivity contribution in [3.05, 3.63) is 58.3 Å². The average molecular weight is 516 g/mol. The van der Waals surface area contributed by atoms with E-state index in [1.807, 2.05) is 0 Å². The molecule has 2 fully saturated rings. The maximum atomic E-state index is 4.54. The van der Waals surface area contributed by atoms with Crippen molar-refractivity contribution in [2.24, 2.45) is 0 Å². The highest BCUT2D eigenvalue weighted by molar-refractivity contribution is 9.10. The molecular formula is C24H31BrN6S. The normalized spacial score (nSPS) is 18.3. The third kappa shape index (κ3) is 5.25. The largest absolute Gasteiger partial charge is 0.344 e. The fraction of sp³-hybridized carbons (Fsp3) is 0.500. The monoisotopic (exact) mass is 514 g/mol. The number of hydrogen-bond acceptors (Lipinski definition) is 6. The summed E-state index contributed by atoms with van der Waals surface area (Å²) in [4.78, 5) is 5.12. The maximum absolute atomic E-state index is 4.54. The van der Waals surface area contributed by atoms with Crippen LogP contribution in [-0.4, -0.2) is 51.9 Å². The smallest absolute Gasteiger partial charge is 0.218 e. The summed E-state index contributed by atoms with van der Waals surface area (Å²) in [5, 5.41) is 14.6. The van der Waals surface area contributed by atoms with E-state index in [1.54, 1.807) is 11.3 Å². The van der Waals surface area contributed by atoms with Crippen LogP contribution in [0.3, 0.4) is 0 Å². The van der Waals surface area contributed by atoms with Crippen molar-refractivity contribution in [1.29, 1.82) is 0 Å². The van der Waals surface area contributed by atoms with E-state index in [-0.39, 0.29) is 0 Å². The quantitative estimate of drug-likeness (QED) is 0.488. The van der Waals surface area contributed by atoms with Gasteiger partial charge >= 0.3 is 0 Å². The molecule has 0 atom stereocenters. The van der Waals surface area contributed by atoms with Gasteiger partial charge in [-0.2, -0.15) is 0 Å². The summed E-state index contributed by atoms with van der Waals surface area (Å²) in [7, 11) is 0. The molecule has 5 rings (SSSR count). The third-order valence-electron chi connectivity index (χ3n) is 6.64. The lowest BCUT2D eigenvalue weighted by molar-refractivity contribution is 0.148. The van der Waals surface area contributed by atoms with E-state index in [2.05, 4.69) is 88.4 Å². The second kappa shape index (κ2) is 10.5. The van der Waals surface area contributed by atoms with Crippen LogP contribution < -0.4 is 10.2 Å². The summed E-state index contributed by atoms with van der Waals surface area (Å²) in [5.41, 5.74) is 2.47. The number of halogens is 1. The van der Waals surface area contributed by atoms with Crippen LogP contribution in [0.1, 0.15) is 43.4 Å². The topological polar surface area (TPSA) is 49.2 Å². The number of benzene rings is 1. The van der Waals surface area contributed by atoms with Gasteiger partial charge in [0.05, 0.1) is 0 Å². The molecule has 3 aromatic rings. The van der Waals surface area contributed by atoms with Gasteiger partial charge in [0.25, 0.3) is 0 Å². The molecule has 1 aliphatic heterocycles. The fourth-order valence-corrected chi connectivity index (χ4v) is 6.25. The first kappa shape index (κ1) is 22.1. The van der Waals surface area contributed by atoms with Crippen molar-refractivity contribution < 1.29 is 0 Å². The molecule has 8 heteroatoms. The molecule has 0 unspecified atom stereocenters. The van der Waals surface area contributed by atoms with Gasteiger partial charge < -0.3 is 10.2 Å². The van der Waals surface area contributed by atoms with E-state index in [9.17, 15) is 0 Å². The van der Waals surface area contributed by atoms with Crippen molar-refractivity contribution >= 4 is 32.4 Å². The van der Waals surface area contributed by atoms with E-state index in [0.29, 0.717) is 0 Å². The van der Waals surface area contributed by atoms with Crippen LogP contribution in [0, 0.1) is 0 Å². The lowest BCUT2D eigenvalue weighted by Crippen LogP contribution is -2.50. The van der Waals surface area contributed by atoms with Crippen LogP contribution in [-0.2, 0) is 13.1 Å². The lowest BCUT2D eigenvalue weighted by atomic mass is 9.94. The highest BCUT2D eigenvalue weighted by Crippen LogP contribution is 2.28.